The molecule has 2 fully saturated rings. The normalized spacial score (nSPS) is 40.8. The van der Waals surface area contributed by atoms with Crippen LogP contribution in [-0.4, -0.2) is 12.7 Å². The van der Waals surface area contributed by atoms with Gasteiger partial charge in [0, 0.05) is 6.61 Å². The molecule has 1 heteroatoms. The predicted molar refractivity (Wildman–Crippen MR) is 40.9 cm³/mol. The van der Waals surface area contributed by atoms with Gasteiger partial charge in [0.15, 0.2) is 0 Å². The van der Waals surface area contributed by atoms with Gasteiger partial charge in [0.1, 0.15) is 0 Å². The Labute approximate surface area is 62.8 Å². The summed E-state index contributed by atoms with van der Waals surface area (Å²) in [6.07, 6.45) is 9.01. The van der Waals surface area contributed by atoms with Crippen LogP contribution in [0.2, 0.25) is 0 Å². The average molecular weight is 140 g/mol. The molecule has 1 saturated heterocycles. The van der Waals surface area contributed by atoms with Crippen LogP contribution in [0.25, 0.3) is 0 Å². The summed E-state index contributed by atoms with van der Waals surface area (Å²) in [7, 11) is 0. The van der Waals surface area contributed by atoms with E-state index >= 15 is 0 Å². The summed E-state index contributed by atoms with van der Waals surface area (Å²) in [4.78, 5) is 0. The van der Waals surface area contributed by atoms with Crippen LogP contribution < -0.4 is 0 Å². The molecule has 10 heavy (non-hydrogen) atoms. The second kappa shape index (κ2) is 2.91. The Bertz CT molecular complexity index is 97.3. The zero-order chi connectivity index (χ0) is 6.81. The maximum absolute atomic E-state index is 5.68. The third-order valence-electron chi connectivity index (χ3n) is 2.90. The predicted octanol–water partition coefficient (Wildman–Crippen LogP) is 2.36. The average Bonchev–Trinajstić information content (AvgIpc) is 1.89. The van der Waals surface area contributed by atoms with Gasteiger partial charge < -0.3 is 4.74 Å². The molecule has 0 aromatic rings. The highest BCUT2D eigenvalue weighted by Crippen LogP contribution is 2.35. The van der Waals surface area contributed by atoms with Crippen molar-refractivity contribution in [2.24, 2.45) is 5.92 Å². The summed E-state index contributed by atoms with van der Waals surface area (Å²) < 4.78 is 5.68. The molecule has 0 spiro atoms. The highest BCUT2D eigenvalue weighted by Gasteiger charge is 2.31. The molecule has 1 nitrogen and oxygen atoms in total. The summed E-state index contributed by atoms with van der Waals surface area (Å²) >= 11 is 0. The Morgan fingerprint density at radius 1 is 0.900 bits per heavy atom. The lowest BCUT2D eigenvalue weighted by atomic mass is 9.78. The number of rotatable bonds is 0. The largest absolute Gasteiger partial charge is 0.378 e. The minimum Gasteiger partial charge on any atom is -0.378 e. The highest BCUT2D eigenvalue weighted by atomic mass is 16.5. The summed E-state index contributed by atoms with van der Waals surface area (Å²) in [6, 6.07) is 0. The van der Waals surface area contributed by atoms with E-state index in [2.05, 4.69) is 0 Å². The highest BCUT2D eigenvalue weighted by molar-refractivity contribution is 4.82. The van der Waals surface area contributed by atoms with Crippen molar-refractivity contribution in [2.45, 2.75) is 44.6 Å². The first kappa shape index (κ1) is 6.66. The van der Waals surface area contributed by atoms with Crippen molar-refractivity contribution in [1.29, 1.82) is 0 Å². The lowest BCUT2D eigenvalue weighted by Crippen LogP contribution is -2.35. The van der Waals surface area contributed by atoms with Gasteiger partial charge in [-0.15, -0.1) is 0 Å². The van der Waals surface area contributed by atoms with Crippen LogP contribution in [0.3, 0.4) is 0 Å². The van der Waals surface area contributed by atoms with E-state index in [4.69, 9.17) is 4.74 Å². The van der Waals surface area contributed by atoms with E-state index in [9.17, 15) is 0 Å². The van der Waals surface area contributed by atoms with E-state index in [1.165, 1.54) is 38.5 Å². The molecule has 1 aliphatic heterocycles. The van der Waals surface area contributed by atoms with Gasteiger partial charge in [-0.3, -0.25) is 0 Å². The van der Waals surface area contributed by atoms with Crippen LogP contribution in [0.4, 0.5) is 0 Å². The summed E-state index contributed by atoms with van der Waals surface area (Å²) in [5, 5.41) is 0. The summed E-state index contributed by atoms with van der Waals surface area (Å²) in [5.74, 6) is 0.945. The SMILES string of the molecule is C1CCOC2CCC2CC1. The Balaban J connectivity index is 1.83. The van der Waals surface area contributed by atoms with Crippen molar-refractivity contribution in [2.75, 3.05) is 6.61 Å². The van der Waals surface area contributed by atoms with Crippen LogP contribution in [0.15, 0.2) is 0 Å². The first-order valence-corrected chi connectivity index (χ1v) is 4.58. The summed E-state index contributed by atoms with van der Waals surface area (Å²) in [5.41, 5.74) is 0. The fraction of sp³-hybridized carbons (Fsp3) is 1.00. The number of fused-ring (bicyclic) bond motifs is 1. The lowest BCUT2D eigenvalue weighted by molar-refractivity contribution is -0.0586. The number of hydrogen-bond acceptors (Lipinski definition) is 1. The van der Waals surface area contributed by atoms with Crippen LogP contribution >= 0.6 is 0 Å². The van der Waals surface area contributed by atoms with Crippen molar-refractivity contribution < 1.29 is 4.74 Å². The zero-order valence-corrected chi connectivity index (χ0v) is 6.51. The van der Waals surface area contributed by atoms with E-state index < -0.39 is 0 Å². The molecule has 0 aromatic carbocycles. The van der Waals surface area contributed by atoms with E-state index in [0.717, 1.165) is 12.5 Å². The molecule has 1 aliphatic carbocycles. The maximum Gasteiger partial charge on any atom is 0.0603 e. The van der Waals surface area contributed by atoms with Gasteiger partial charge in [-0.2, -0.15) is 0 Å². The Morgan fingerprint density at radius 3 is 2.70 bits per heavy atom. The van der Waals surface area contributed by atoms with Crippen LogP contribution in [0.1, 0.15) is 38.5 Å². The number of ether oxygens (including phenoxy) is 1. The van der Waals surface area contributed by atoms with Gasteiger partial charge in [-0.1, -0.05) is 12.8 Å². The number of hydrogen-bond donors (Lipinski definition) is 0. The Morgan fingerprint density at radius 2 is 1.90 bits per heavy atom. The van der Waals surface area contributed by atoms with Crippen LogP contribution in [0, 0.1) is 5.92 Å². The molecule has 58 valence electrons. The molecule has 2 unspecified atom stereocenters. The van der Waals surface area contributed by atoms with Gasteiger partial charge in [-0.25, -0.2) is 0 Å². The molecule has 1 saturated carbocycles. The monoisotopic (exact) mass is 140 g/mol. The van der Waals surface area contributed by atoms with E-state index in [0.29, 0.717) is 6.10 Å². The molecule has 0 N–H and O–H groups in total. The minimum atomic E-state index is 0.667. The van der Waals surface area contributed by atoms with E-state index in [1.807, 2.05) is 0 Å². The van der Waals surface area contributed by atoms with Crippen LogP contribution in [-0.2, 0) is 4.74 Å². The lowest BCUT2D eigenvalue weighted by Gasteiger charge is -2.37. The Hall–Kier alpha value is -0.0400. The maximum atomic E-state index is 5.68. The molecular weight excluding hydrogens is 124 g/mol. The van der Waals surface area contributed by atoms with Crippen molar-refractivity contribution >= 4 is 0 Å². The standard InChI is InChI=1S/C9H16O/c1-2-4-8-5-6-9(8)10-7-3-1/h8-9H,1-7H2. The third kappa shape index (κ3) is 1.20. The van der Waals surface area contributed by atoms with Crippen LogP contribution in [0.5, 0.6) is 0 Å². The minimum absolute atomic E-state index is 0.667. The Kier molecular flexibility index (Phi) is 1.94. The quantitative estimate of drug-likeness (QED) is 0.502. The van der Waals surface area contributed by atoms with Gasteiger partial charge >= 0.3 is 0 Å². The van der Waals surface area contributed by atoms with Crippen molar-refractivity contribution in [3.63, 3.8) is 0 Å². The van der Waals surface area contributed by atoms with Gasteiger partial charge in [0.05, 0.1) is 6.10 Å². The van der Waals surface area contributed by atoms with Gasteiger partial charge in [0.25, 0.3) is 0 Å². The second-order valence-electron chi connectivity index (χ2n) is 3.60. The topological polar surface area (TPSA) is 9.23 Å². The molecule has 1 heterocycles. The van der Waals surface area contributed by atoms with E-state index in [1.54, 1.807) is 0 Å². The van der Waals surface area contributed by atoms with E-state index in [-0.39, 0.29) is 0 Å². The summed E-state index contributed by atoms with van der Waals surface area (Å²) in [6.45, 7) is 1.03. The molecule has 0 aromatic heterocycles. The van der Waals surface area contributed by atoms with Crippen molar-refractivity contribution in [1.82, 2.24) is 0 Å². The third-order valence-corrected chi connectivity index (χ3v) is 2.90. The van der Waals surface area contributed by atoms with Crippen molar-refractivity contribution in [3.05, 3.63) is 0 Å². The molecule has 0 bridgehead atoms. The molecule has 0 amide bonds. The second-order valence-corrected chi connectivity index (χ2v) is 3.60. The fourth-order valence-electron chi connectivity index (χ4n) is 2.01. The molecule has 2 atom stereocenters. The fourth-order valence-corrected chi connectivity index (χ4v) is 2.01. The van der Waals surface area contributed by atoms with Crippen molar-refractivity contribution in [3.8, 4) is 0 Å². The first-order valence-electron chi connectivity index (χ1n) is 4.58. The molecule has 2 rings (SSSR count). The first-order chi connectivity index (χ1) is 4.97. The zero-order valence-electron chi connectivity index (χ0n) is 6.51. The molecular formula is C9H16O. The van der Waals surface area contributed by atoms with Gasteiger partial charge in [0.2, 0.25) is 0 Å². The molecule has 0 radical (unpaired) electrons. The molecule has 2 aliphatic rings. The smallest absolute Gasteiger partial charge is 0.0603 e. The van der Waals surface area contributed by atoms with Gasteiger partial charge in [-0.05, 0) is 31.6 Å².